The second-order valence-electron chi connectivity index (χ2n) is 5.79. The summed E-state index contributed by atoms with van der Waals surface area (Å²) in [6.07, 6.45) is 2.57. The molecule has 5 heteroatoms. The molecule has 2 amide bonds. The molecule has 1 aliphatic heterocycles. The van der Waals surface area contributed by atoms with Crippen molar-refractivity contribution < 1.29 is 9.53 Å². The van der Waals surface area contributed by atoms with E-state index in [4.69, 9.17) is 4.74 Å². The Morgan fingerprint density at radius 3 is 3.00 bits per heavy atom. The zero-order valence-corrected chi connectivity index (χ0v) is 12.5. The number of hydrogen-bond donors (Lipinski definition) is 2. The maximum Gasteiger partial charge on any atom is 0.317 e. The number of carbonyl (C=O) groups excluding carboxylic acids is 1. The van der Waals surface area contributed by atoms with Crippen LogP contribution in [-0.4, -0.2) is 43.2 Å². The zero-order chi connectivity index (χ0) is 14.7. The van der Waals surface area contributed by atoms with E-state index >= 15 is 0 Å². The Kier molecular flexibility index (Phi) is 4.29. The van der Waals surface area contributed by atoms with Crippen LogP contribution in [0.15, 0.2) is 18.2 Å². The highest BCUT2D eigenvalue weighted by Crippen LogP contribution is 2.25. The van der Waals surface area contributed by atoms with Gasteiger partial charge in [-0.2, -0.15) is 0 Å². The number of benzene rings is 1. The SMILES string of the molecule is Cc1cccc(CNC2CC2)c1OCCN1CCNC1=O. The highest BCUT2D eigenvalue weighted by Gasteiger charge is 2.21. The van der Waals surface area contributed by atoms with Crippen molar-refractivity contribution >= 4 is 6.03 Å². The lowest BCUT2D eigenvalue weighted by Gasteiger charge is -2.18. The van der Waals surface area contributed by atoms with E-state index in [1.807, 2.05) is 0 Å². The first-order valence-electron chi connectivity index (χ1n) is 7.71. The standard InChI is InChI=1S/C16H23N3O2/c1-12-3-2-4-13(11-18-14-5-6-14)15(12)21-10-9-19-8-7-17-16(19)20/h2-4,14,18H,5-11H2,1H3,(H,17,20). The van der Waals surface area contributed by atoms with Gasteiger partial charge in [-0.25, -0.2) is 4.79 Å². The molecule has 1 heterocycles. The molecule has 0 radical (unpaired) electrons. The summed E-state index contributed by atoms with van der Waals surface area (Å²) in [7, 11) is 0. The van der Waals surface area contributed by atoms with Gasteiger partial charge in [0, 0.05) is 31.2 Å². The monoisotopic (exact) mass is 289 g/mol. The van der Waals surface area contributed by atoms with Crippen LogP contribution in [0.5, 0.6) is 5.75 Å². The van der Waals surface area contributed by atoms with Gasteiger partial charge >= 0.3 is 6.03 Å². The van der Waals surface area contributed by atoms with Crippen molar-refractivity contribution in [3.8, 4) is 5.75 Å². The van der Waals surface area contributed by atoms with E-state index in [2.05, 4.69) is 35.8 Å². The Labute approximate surface area is 125 Å². The van der Waals surface area contributed by atoms with Crippen molar-refractivity contribution in [1.29, 1.82) is 0 Å². The minimum atomic E-state index is 0.0130. The maximum atomic E-state index is 11.5. The summed E-state index contributed by atoms with van der Waals surface area (Å²) in [4.78, 5) is 13.3. The molecule has 0 spiro atoms. The molecule has 1 aromatic rings. The normalized spacial score (nSPS) is 18.0. The number of nitrogens with one attached hydrogen (secondary N) is 2. The zero-order valence-electron chi connectivity index (χ0n) is 12.5. The Morgan fingerprint density at radius 1 is 1.43 bits per heavy atom. The van der Waals surface area contributed by atoms with Gasteiger partial charge in [0.1, 0.15) is 12.4 Å². The average molecular weight is 289 g/mol. The van der Waals surface area contributed by atoms with Gasteiger partial charge in [0.25, 0.3) is 0 Å². The molecule has 114 valence electrons. The van der Waals surface area contributed by atoms with Crippen LogP contribution in [-0.2, 0) is 6.54 Å². The number of aryl methyl sites for hydroxylation is 1. The third-order valence-corrected chi connectivity index (χ3v) is 4.00. The molecule has 2 N–H and O–H groups in total. The van der Waals surface area contributed by atoms with Crippen LogP contribution in [0.2, 0.25) is 0 Å². The second kappa shape index (κ2) is 6.35. The van der Waals surface area contributed by atoms with Crippen LogP contribution in [0.4, 0.5) is 4.79 Å². The van der Waals surface area contributed by atoms with E-state index in [0.29, 0.717) is 19.2 Å². The van der Waals surface area contributed by atoms with Gasteiger partial charge in [0.2, 0.25) is 0 Å². The van der Waals surface area contributed by atoms with E-state index in [1.165, 1.54) is 18.4 Å². The molecule has 1 saturated heterocycles. The third kappa shape index (κ3) is 3.67. The summed E-state index contributed by atoms with van der Waals surface area (Å²) in [5.41, 5.74) is 2.35. The second-order valence-corrected chi connectivity index (χ2v) is 5.79. The van der Waals surface area contributed by atoms with Gasteiger partial charge in [-0.3, -0.25) is 0 Å². The van der Waals surface area contributed by atoms with Gasteiger partial charge in [0.15, 0.2) is 0 Å². The van der Waals surface area contributed by atoms with Crippen LogP contribution < -0.4 is 15.4 Å². The van der Waals surface area contributed by atoms with Gasteiger partial charge in [0.05, 0.1) is 6.54 Å². The molecule has 1 saturated carbocycles. The van der Waals surface area contributed by atoms with Crippen LogP contribution >= 0.6 is 0 Å². The first kappa shape index (κ1) is 14.2. The summed E-state index contributed by atoms with van der Waals surface area (Å²) in [5, 5.41) is 6.33. The van der Waals surface area contributed by atoms with Gasteiger partial charge < -0.3 is 20.3 Å². The van der Waals surface area contributed by atoms with Crippen LogP contribution in [0.1, 0.15) is 24.0 Å². The summed E-state index contributed by atoms with van der Waals surface area (Å²) in [5.74, 6) is 0.963. The fourth-order valence-corrected chi connectivity index (χ4v) is 2.58. The number of urea groups is 1. The molecular weight excluding hydrogens is 266 g/mol. The summed E-state index contributed by atoms with van der Waals surface area (Å²) < 4.78 is 5.97. The molecule has 0 aromatic heterocycles. The van der Waals surface area contributed by atoms with E-state index in [-0.39, 0.29) is 6.03 Å². The predicted octanol–water partition coefficient (Wildman–Crippen LogP) is 1.65. The minimum absolute atomic E-state index is 0.0130. The number of amides is 2. The number of ether oxygens (including phenoxy) is 1. The van der Waals surface area contributed by atoms with E-state index in [0.717, 1.165) is 30.9 Å². The summed E-state index contributed by atoms with van der Waals surface area (Å²) in [6, 6.07) is 6.95. The van der Waals surface area contributed by atoms with Crippen molar-refractivity contribution in [3.63, 3.8) is 0 Å². The molecule has 0 unspecified atom stereocenters. The molecule has 1 aliphatic carbocycles. The van der Waals surface area contributed by atoms with Gasteiger partial charge in [-0.1, -0.05) is 18.2 Å². The summed E-state index contributed by atoms with van der Waals surface area (Å²) in [6.45, 7) is 5.60. The molecule has 2 fully saturated rings. The van der Waals surface area contributed by atoms with Crippen LogP contribution in [0, 0.1) is 6.92 Å². The number of rotatable bonds is 7. The first-order chi connectivity index (χ1) is 10.2. The van der Waals surface area contributed by atoms with Crippen molar-refractivity contribution in [3.05, 3.63) is 29.3 Å². The van der Waals surface area contributed by atoms with Crippen molar-refractivity contribution in [1.82, 2.24) is 15.5 Å². The number of nitrogens with zero attached hydrogens (tertiary/aromatic N) is 1. The van der Waals surface area contributed by atoms with Crippen molar-refractivity contribution in [2.24, 2.45) is 0 Å². The van der Waals surface area contributed by atoms with Crippen molar-refractivity contribution in [2.75, 3.05) is 26.2 Å². The molecule has 0 bridgehead atoms. The Balaban J connectivity index is 1.56. The Hall–Kier alpha value is -1.75. The Bertz CT molecular complexity index is 514. The molecular formula is C16H23N3O2. The predicted molar refractivity (Wildman–Crippen MR) is 81.5 cm³/mol. The van der Waals surface area contributed by atoms with E-state index in [9.17, 15) is 4.79 Å². The van der Waals surface area contributed by atoms with Crippen LogP contribution in [0.3, 0.4) is 0 Å². The topological polar surface area (TPSA) is 53.6 Å². The largest absolute Gasteiger partial charge is 0.491 e. The van der Waals surface area contributed by atoms with Gasteiger partial charge in [-0.15, -0.1) is 0 Å². The fraction of sp³-hybridized carbons (Fsp3) is 0.562. The van der Waals surface area contributed by atoms with Crippen LogP contribution in [0.25, 0.3) is 0 Å². The van der Waals surface area contributed by atoms with Crippen molar-refractivity contribution in [2.45, 2.75) is 32.4 Å². The molecule has 5 nitrogen and oxygen atoms in total. The molecule has 0 atom stereocenters. The highest BCUT2D eigenvalue weighted by molar-refractivity contribution is 5.76. The summed E-state index contributed by atoms with van der Waals surface area (Å²) >= 11 is 0. The molecule has 2 aliphatic rings. The highest BCUT2D eigenvalue weighted by atomic mass is 16.5. The average Bonchev–Trinajstić information content (AvgIpc) is 3.22. The molecule has 21 heavy (non-hydrogen) atoms. The number of carbonyl (C=O) groups is 1. The maximum absolute atomic E-state index is 11.5. The lowest BCUT2D eigenvalue weighted by atomic mass is 10.1. The lowest BCUT2D eigenvalue weighted by Crippen LogP contribution is -2.32. The van der Waals surface area contributed by atoms with E-state index in [1.54, 1.807) is 4.90 Å². The third-order valence-electron chi connectivity index (χ3n) is 4.00. The number of para-hydroxylation sites is 1. The quantitative estimate of drug-likeness (QED) is 0.802. The number of hydrogen-bond acceptors (Lipinski definition) is 3. The minimum Gasteiger partial charge on any atom is -0.491 e. The fourth-order valence-electron chi connectivity index (χ4n) is 2.58. The molecule has 1 aromatic carbocycles. The lowest BCUT2D eigenvalue weighted by molar-refractivity contribution is 0.202. The van der Waals surface area contributed by atoms with E-state index < -0.39 is 0 Å². The Morgan fingerprint density at radius 2 is 2.29 bits per heavy atom. The first-order valence-corrected chi connectivity index (χ1v) is 7.71. The smallest absolute Gasteiger partial charge is 0.317 e. The molecule has 3 rings (SSSR count). The van der Waals surface area contributed by atoms with Gasteiger partial charge in [-0.05, 0) is 25.3 Å².